The van der Waals surface area contributed by atoms with Crippen LogP contribution in [0.1, 0.15) is 29.0 Å². The fourth-order valence-electron chi connectivity index (χ4n) is 3.06. The lowest BCUT2D eigenvalue weighted by molar-refractivity contribution is 0.320. The van der Waals surface area contributed by atoms with E-state index >= 15 is 0 Å². The number of nitrogens with zero attached hydrogens (tertiary/aromatic N) is 1. The molecule has 1 heterocycles. The highest BCUT2D eigenvalue weighted by molar-refractivity contribution is 5.38. The van der Waals surface area contributed by atoms with Crippen LogP contribution in [0, 0.1) is 0 Å². The van der Waals surface area contributed by atoms with Crippen LogP contribution >= 0.6 is 0 Å². The van der Waals surface area contributed by atoms with Gasteiger partial charge in [-0.05, 0) is 43.1 Å². The number of hydrogen-bond acceptors (Lipinski definition) is 1. The van der Waals surface area contributed by atoms with Crippen molar-refractivity contribution in [1.29, 1.82) is 0 Å². The minimum atomic E-state index is 0.542. The SMILES string of the molecule is CN1CCc2ccccc2[C@@H](c2ccccc2)CC1. The Morgan fingerprint density at radius 3 is 2.47 bits per heavy atom. The van der Waals surface area contributed by atoms with E-state index in [0.717, 1.165) is 6.42 Å². The first kappa shape index (κ1) is 12.4. The maximum absolute atomic E-state index is 2.45. The smallest absolute Gasteiger partial charge is 0.0104 e. The summed E-state index contributed by atoms with van der Waals surface area (Å²) in [4.78, 5) is 2.45. The van der Waals surface area contributed by atoms with Gasteiger partial charge in [0.2, 0.25) is 0 Å². The van der Waals surface area contributed by atoms with Gasteiger partial charge in [0.1, 0.15) is 0 Å². The second-order valence-electron chi connectivity index (χ2n) is 5.50. The standard InChI is InChI=1S/C18H21N/c1-19-13-11-16-9-5-6-10-17(16)18(12-14-19)15-7-3-2-4-8-15/h2-10,18H,11-14H2,1H3/t18-/m1/s1. The van der Waals surface area contributed by atoms with Crippen molar-refractivity contribution in [2.45, 2.75) is 18.8 Å². The van der Waals surface area contributed by atoms with Gasteiger partial charge >= 0.3 is 0 Å². The molecule has 0 saturated heterocycles. The molecule has 98 valence electrons. The highest BCUT2D eigenvalue weighted by Gasteiger charge is 2.20. The van der Waals surface area contributed by atoms with Gasteiger partial charge in [-0.1, -0.05) is 54.6 Å². The van der Waals surface area contributed by atoms with Crippen molar-refractivity contribution in [2.75, 3.05) is 20.1 Å². The van der Waals surface area contributed by atoms with E-state index in [2.05, 4.69) is 66.5 Å². The van der Waals surface area contributed by atoms with Crippen LogP contribution in [0.2, 0.25) is 0 Å². The van der Waals surface area contributed by atoms with Gasteiger partial charge in [-0.2, -0.15) is 0 Å². The third-order valence-electron chi connectivity index (χ3n) is 4.19. The van der Waals surface area contributed by atoms with E-state index in [1.807, 2.05) is 0 Å². The molecule has 0 radical (unpaired) electrons. The van der Waals surface area contributed by atoms with Crippen LogP contribution in [0.4, 0.5) is 0 Å². The first-order valence-corrected chi connectivity index (χ1v) is 7.16. The predicted octanol–water partition coefficient (Wildman–Crippen LogP) is 3.70. The van der Waals surface area contributed by atoms with Gasteiger partial charge in [0.15, 0.2) is 0 Å². The normalized spacial score (nSPS) is 20.4. The van der Waals surface area contributed by atoms with Gasteiger partial charge in [0.05, 0.1) is 0 Å². The van der Waals surface area contributed by atoms with E-state index < -0.39 is 0 Å². The van der Waals surface area contributed by atoms with E-state index in [4.69, 9.17) is 0 Å². The highest BCUT2D eigenvalue weighted by Crippen LogP contribution is 2.32. The molecule has 0 fully saturated rings. The number of rotatable bonds is 1. The molecule has 0 amide bonds. The molecule has 0 spiro atoms. The van der Waals surface area contributed by atoms with Crippen molar-refractivity contribution >= 4 is 0 Å². The van der Waals surface area contributed by atoms with Crippen LogP contribution in [0.25, 0.3) is 0 Å². The van der Waals surface area contributed by atoms with Gasteiger partial charge in [-0.3, -0.25) is 0 Å². The van der Waals surface area contributed by atoms with E-state index in [1.54, 1.807) is 0 Å². The summed E-state index contributed by atoms with van der Waals surface area (Å²) < 4.78 is 0. The molecule has 2 aromatic rings. The predicted molar refractivity (Wildman–Crippen MR) is 80.5 cm³/mol. The molecule has 1 nitrogen and oxygen atoms in total. The molecular formula is C18H21N. The molecular weight excluding hydrogens is 230 g/mol. The molecule has 1 aliphatic heterocycles. The van der Waals surface area contributed by atoms with Crippen LogP contribution in [0.5, 0.6) is 0 Å². The Morgan fingerprint density at radius 1 is 0.895 bits per heavy atom. The summed E-state index contributed by atoms with van der Waals surface area (Å²) in [6.45, 7) is 2.34. The second-order valence-corrected chi connectivity index (χ2v) is 5.50. The fourth-order valence-corrected chi connectivity index (χ4v) is 3.06. The molecule has 0 N–H and O–H groups in total. The zero-order valence-electron chi connectivity index (χ0n) is 11.5. The summed E-state index contributed by atoms with van der Waals surface area (Å²) in [6.07, 6.45) is 2.37. The Balaban J connectivity index is 2.03. The molecule has 0 bridgehead atoms. The number of benzene rings is 2. The fraction of sp³-hybridized carbons (Fsp3) is 0.333. The Kier molecular flexibility index (Phi) is 3.65. The summed E-state index contributed by atoms with van der Waals surface area (Å²) in [5, 5.41) is 0. The van der Waals surface area contributed by atoms with Gasteiger partial charge in [-0.15, -0.1) is 0 Å². The van der Waals surface area contributed by atoms with Gasteiger partial charge in [0, 0.05) is 12.5 Å². The molecule has 0 unspecified atom stereocenters. The van der Waals surface area contributed by atoms with Crippen LogP contribution in [-0.2, 0) is 6.42 Å². The Morgan fingerprint density at radius 2 is 1.63 bits per heavy atom. The minimum Gasteiger partial charge on any atom is -0.306 e. The molecule has 1 aliphatic rings. The van der Waals surface area contributed by atoms with Crippen molar-refractivity contribution in [3.8, 4) is 0 Å². The average Bonchev–Trinajstić information content (AvgIpc) is 2.45. The molecule has 1 atom stereocenters. The van der Waals surface area contributed by atoms with Crippen LogP contribution in [-0.4, -0.2) is 25.0 Å². The van der Waals surface area contributed by atoms with Gasteiger partial charge in [0.25, 0.3) is 0 Å². The second kappa shape index (κ2) is 5.58. The summed E-state index contributed by atoms with van der Waals surface area (Å²) >= 11 is 0. The Hall–Kier alpha value is -1.60. The zero-order valence-corrected chi connectivity index (χ0v) is 11.5. The maximum atomic E-state index is 2.45. The van der Waals surface area contributed by atoms with Gasteiger partial charge in [-0.25, -0.2) is 0 Å². The van der Waals surface area contributed by atoms with E-state index in [9.17, 15) is 0 Å². The Labute approximate surface area is 115 Å². The first-order valence-electron chi connectivity index (χ1n) is 7.16. The van der Waals surface area contributed by atoms with Crippen molar-refractivity contribution in [2.24, 2.45) is 0 Å². The lowest BCUT2D eigenvalue weighted by Gasteiger charge is -2.28. The van der Waals surface area contributed by atoms with Crippen molar-refractivity contribution in [3.63, 3.8) is 0 Å². The topological polar surface area (TPSA) is 3.24 Å². The van der Waals surface area contributed by atoms with Crippen LogP contribution < -0.4 is 0 Å². The highest BCUT2D eigenvalue weighted by atomic mass is 15.1. The lowest BCUT2D eigenvalue weighted by atomic mass is 9.84. The van der Waals surface area contributed by atoms with Crippen molar-refractivity contribution in [3.05, 3.63) is 71.3 Å². The molecule has 3 rings (SSSR count). The number of fused-ring (bicyclic) bond motifs is 1. The monoisotopic (exact) mass is 251 g/mol. The number of likely N-dealkylation sites (N-methyl/N-ethyl adjacent to an activating group) is 1. The number of hydrogen-bond donors (Lipinski definition) is 0. The van der Waals surface area contributed by atoms with Crippen molar-refractivity contribution in [1.82, 2.24) is 4.90 Å². The Bertz CT molecular complexity index is 532. The van der Waals surface area contributed by atoms with E-state index in [-0.39, 0.29) is 0 Å². The molecule has 0 aliphatic carbocycles. The first-order chi connectivity index (χ1) is 9.34. The van der Waals surface area contributed by atoms with Crippen LogP contribution in [0.3, 0.4) is 0 Å². The lowest BCUT2D eigenvalue weighted by Crippen LogP contribution is -2.27. The molecule has 0 saturated carbocycles. The van der Waals surface area contributed by atoms with E-state index in [0.29, 0.717) is 5.92 Å². The quantitative estimate of drug-likeness (QED) is 0.747. The van der Waals surface area contributed by atoms with Crippen LogP contribution in [0.15, 0.2) is 54.6 Å². The summed E-state index contributed by atoms with van der Waals surface area (Å²) in [5.41, 5.74) is 4.50. The summed E-state index contributed by atoms with van der Waals surface area (Å²) in [7, 11) is 2.23. The third kappa shape index (κ3) is 2.71. The third-order valence-corrected chi connectivity index (χ3v) is 4.19. The molecule has 2 aromatic carbocycles. The minimum absolute atomic E-state index is 0.542. The molecule has 0 aromatic heterocycles. The van der Waals surface area contributed by atoms with Gasteiger partial charge < -0.3 is 4.90 Å². The summed E-state index contributed by atoms with van der Waals surface area (Å²) in [6, 6.07) is 19.9. The van der Waals surface area contributed by atoms with E-state index in [1.165, 1.54) is 36.2 Å². The van der Waals surface area contributed by atoms with Crippen molar-refractivity contribution < 1.29 is 0 Å². The largest absolute Gasteiger partial charge is 0.306 e. The molecule has 1 heteroatoms. The maximum Gasteiger partial charge on any atom is 0.0104 e. The summed E-state index contributed by atoms with van der Waals surface area (Å²) in [5.74, 6) is 0.542. The molecule has 19 heavy (non-hydrogen) atoms. The average molecular weight is 251 g/mol. The zero-order chi connectivity index (χ0) is 13.1.